The molecule has 0 N–H and O–H groups in total. The Balaban J connectivity index is 3.49. The fourth-order valence-corrected chi connectivity index (χ4v) is 1.90. The van der Waals surface area contributed by atoms with Crippen LogP contribution >= 0.6 is 38.5 Å². The van der Waals surface area contributed by atoms with Crippen molar-refractivity contribution < 1.29 is 8.78 Å². The van der Waals surface area contributed by atoms with Gasteiger partial charge in [0.1, 0.15) is 5.82 Å². The molecule has 3 nitrogen and oxygen atoms in total. The number of hydrogen-bond acceptors (Lipinski definition) is 1. The maximum Gasteiger partial charge on any atom is 0.154 e. The highest BCUT2D eigenvalue weighted by Crippen LogP contribution is 2.31. The van der Waals surface area contributed by atoms with Crippen molar-refractivity contribution in [1.29, 1.82) is 0 Å². The zero-order valence-corrected chi connectivity index (χ0v) is 9.67. The number of hydrogen-bond donors (Lipinski definition) is 0. The molecule has 0 saturated heterocycles. The molecular weight excluding hydrogens is 359 g/mol. The van der Waals surface area contributed by atoms with Crippen LogP contribution in [0.2, 0.25) is 0 Å². The van der Waals surface area contributed by atoms with E-state index in [1.165, 1.54) is 0 Å². The Bertz CT molecular complexity index is 403. The van der Waals surface area contributed by atoms with Gasteiger partial charge in [-0.1, -0.05) is 5.11 Å². The fraction of sp³-hybridized carbons (Fsp3) is 0. The Kier molecular flexibility index (Phi) is 3.46. The van der Waals surface area contributed by atoms with E-state index in [0.29, 0.717) is 0 Å². The standard InChI is InChI=1S/C6HBrF2IN3/c7-4-2(8)1-3(12-13-11)6(10)5(4)9/h1H. The molecule has 7 heteroatoms. The normalized spacial score (nSPS) is 9.54. The summed E-state index contributed by atoms with van der Waals surface area (Å²) in [6.45, 7) is 0. The van der Waals surface area contributed by atoms with Crippen molar-refractivity contribution in [3.8, 4) is 0 Å². The largest absolute Gasteiger partial charge is 0.206 e. The van der Waals surface area contributed by atoms with E-state index in [4.69, 9.17) is 5.53 Å². The Morgan fingerprint density at radius 3 is 2.69 bits per heavy atom. The van der Waals surface area contributed by atoms with Gasteiger partial charge in [-0.3, -0.25) is 0 Å². The summed E-state index contributed by atoms with van der Waals surface area (Å²) in [7, 11) is 0. The van der Waals surface area contributed by atoms with Crippen LogP contribution < -0.4 is 0 Å². The van der Waals surface area contributed by atoms with Crippen molar-refractivity contribution in [3.05, 3.63) is 36.2 Å². The van der Waals surface area contributed by atoms with Crippen LogP contribution in [0.5, 0.6) is 0 Å². The molecule has 0 unspecified atom stereocenters. The Morgan fingerprint density at radius 1 is 1.54 bits per heavy atom. The molecular formula is C6HBrF2IN3. The SMILES string of the molecule is [N-]=[N+]=Nc1cc(F)c(Br)c(F)c1I. The zero-order valence-electron chi connectivity index (χ0n) is 5.93. The molecule has 0 heterocycles. The lowest BCUT2D eigenvalue weighted by atomic mass is 10.3. The predicted molar refractivity (Wildman–Crippen MR) is 55.6 cm³/mol. The highest BCUT2D eigenvalue weighted by molar-refractivity contribution is 14.1. The van der Waals surface area contributed by atoms with E-state index in [1.807, 2.05) is 0 Å². The van der Waals surface area contributed by atoms with Crippen molar-refractivity contribution in [3.63, 3.8) is 0 Å². The molecule has 0 spiro atoms. The first-order valence-electron chi connectivity index (χ1n) is 2.96. The molecule has 13 heavy (non-hydrogen) atoms. The summed E-state index contributed by atoms with van der Waals surface area (Å²) >= 11 is 4.36. The van der Waals surface area contributed by atoms with E-state index < -0.39 is 11.6 Å². The van der Waals surface area contributed by atoms with Crippen molar-refractivity contribution in [2.24, 2.45) is 5.11 Å². The first-order valence-corrected chi connectivity index (χ1v) is 4.83. The van der Waals surface area contributed by atoms with Crippen LogP contribution in [0, 0.1) is 15.2 Å². The van der Waals surface area contributed by atoms with E-state index in [2.05, 4.69) is 26.0 Å². The summed E-state index contributed by atoms with van der Waals surface area (Å²) in [4.78, 5) is 2.45. The van der Waals surface area contributed by atoms with Gasteiger partial charge in [-0.15, -0.1) is 0 Å². The van der Waals surface area contributed by atoms with Gasteiger partial charge in [0.15, 0.2) is 5.82 Å². The lowest BCUT2D eigenvalue weighted by Gasteiger charge is -2.02. The first kappa shape index (κ1) is 10.7. The zero-order chi connectivity index (χ0) is 10.0. The Labute approximate surface area is 94.0 Å². The number of nitrogens with zero attached hydrogens (tertiary/aromatic N) is 3. The lowest BCUT2D eigenvalue weighted by Crippen LogP contribution is -1.88. The Hall–Kier alpha value is -0.400. The third-order valence-corrected chi connectivity index (χ3v) is 2.99. The van der Waals surface area contributed by atoms with Crippen LogP contribution in [0.4, 0.5) is 14.5 Å². The number of halogens is 4. The van der Waals surface area contributed by atoms with Crippen LogP contribution in [0.25, 0.3) is 10.4 Å². The summed E-state index contributed by atoms with van der Waals surface area (Å²) in [6.07, 6.45) is 0. The minimum atomic E-state index is -0.791. The maximum absolute atomic E-state index is 13.1. The molecule has 0 aliphatic rings. The van der Waals surface area contributed by atoms with Crippen LogP contribution in [0.15, 0.2) is 15.7 Å². The van der Waals surface area contributed by atoms with Crippen LogP contribution in [-0.4, -0.2) is 0 Å². The highest BCUT2D eigenvalue weighted by atomic mass is 127. The maximum atomic E-state index is 13.1. The molecule has 0 amide bonds. The minimum absolute atomic E-state index is 0.0544. The van der Waals surface area contributed by atoms with Crippen LogP contribution in [0.1, 0.15) is 0 Å². The quantitative estimate of drug-likeness (QED) is 0.179. The predicted octanol–water partition coefficient (Wildman–Crippen LogP) is 4.27. The summed E-state index contributed by atoms with van der Waals surface area (Å²) < 4.78 is 25.8. The molecule has 0 fully saturated rings. The van der Waals surface area contributed by atoms with E-state index in [9.17, 15) is 8.78 Å². The van der Waals surface area contributed by atoms with Gasteiger partial charge < -0.3 is 0 Å². The topological polar surface area (TPSA) is 48.8 Å². The van der Waals surface area contributed by atoms with E-state index in [-0.39, 0.29) is 13.7 Å². The monoisotopic (exact) mass is 359 g/mol. The van der Waals surface area contributed by atoms with Crippen molar-refractivity contribution >= 4 is 44.2 Å². The summed E-state index contributed by atoms with van der Waals surface area (Å²) in [5, 5.41) is 3.14. The van der Waals surface area contributed by atoms with Crippen molar-refractivity contribution in [2.45, 2.75) is 0 Å². The molecule has 0 saturated carbocycles. The lowest BCUT2D eigenvalue weighted by molar-refractivity contribution is 0.567. The molecule has 1 aromatic rings. The van der Waals surface area contributed by atoms with Gasteiger partial charge in [-0.2, -0.15) is 0 Å². The van der Waals surface area contributed by atoms with E-state index in [1.54, 1.807) is 22.6 Å². The van der Waals surface area contributed by atoms with Crippen molar-refractivity contribution in [1.82, 2.24) is 0 Å². The summed E-state index contributed by atoms with van der Waals surface area (Å²) in [5.74, 6) is -1.55. The third kappa shape index (κ3) is 2.09. The molecule has 1 rings (SSSR count). The fourth-order valence-electron chi connectivity index (χ4n) is 0.681. The number of azide groups is 1. The highest BCUT2D eigenvalue weighted by Gasteiger charge is 2.13. The molecule has 0 atom stereocenters. The van der Waals surface area contributed by atoms with Gasteiger partial charge in [0, 0.05) is 4.91 Å². The molecule has 0 radical (unpaired) electrons. The average Bonchev–Trinajstić information content (AvgIpc) is 2.11. The second-order valence-corrected chi connectivity index (χ2v) is 3.88. The average molecular weight is 360 g/mol. The van der Waals surface area contributed by atoms with E-state index in [0.717, 1.165) is 6.07 Å². The van der Waals surface area contributed by atoms with E-state index >= 15 is 0 Å². The molecule has 0 aliphatic heterocycles. The second-order valence-electron chi connectivity index (χ2n) is 2.01. The molecule has 0 aliphatic carbocycles. The van der Waals surface area contributed by atoms with Crippen LogP contribution in [0.3, 0.4) is 0 Å². The minimum Gasteiger partial charge on any atom is -0.206 e. The third-order valence-electron chi connectivity index (χ3n) is 1.24. The summed E-state index contributed by atoms with van der Waals surface area (Å²) in [6, 6.07) is 0.967. The van der Waals surface area contributed by atoms with Gasteiger partial charge in [0.2, 0.25) is 0 Å². The van der Waals surface area contributed by atoms with Gasteiger partial charge in [0.05, 0.1) is 13.7 Å². The van der Waals surface area contributed by atoms with Gasteiger partial charge >= 0.3 is 0 Å². The van der Waals surface area contributed by atoms with Crippen LogP contribution in [-0.2, 0) is 0 Å². The molecule has 0 bridgehead atoms. The molecule has 0 aromatic heterocycles. The van der Waals surface area contributed by atoms with Crippen molar-refractivity contribution in [2.75, 3.05) is 0 Å². The number of benzene rings is 1. The summed E-state index contributed by atoms with van der Waals surface area (Å²) in [5.41, 5.74) is 8.04. The molecule has 1 aromatic carbocycles. The second kappa shape index (κ2) is 4.21. The first-order chi connectivity index (χ1) is 6.07. The van der Waals surface area contributed by atoms with Gasteiger partial charge in [-0.05, 0) is 50.1 Å². The molecule has 68 valence electrons. The smallest absolute Gasteiger partial charge is 0.154 e. The Morgan fingerprint density at radius 2 is 2.15 bits per heavy atom. The van der Waals surface area contributed by atoms with Gasteiger partial charge in [-0.25, -0.2) is 8.78 Å². The number of rotatable bonds is 1. The van der Waals surface area contributed by atoms with Gasteiger partial charge in [0.25, 0.3) is 0 Å².